The van der Waals surface area contributed by atoms with Gasteiger partial charge >= 0.3 is 6.09 Å². The van der Waals surface area contributed by atoms with Crippen molar-refractivity contribution in [1.29, 1.82) is 0 Å². The Balaban J connectivity index is 1.24. The Kier molecular flexibility index (Phi) is 9.80. The third-order valence-corrected chi connectivity index (χ3v) is 12.4. The normalized spacial score (nSPS) is 23.1. The van der Waals surface area contributed by atoms with Crippen molar-refractivity contribution in [2.75, 3.05) is 6.54 Å². The van der Waals surface area contributed by atoms with Crippen LogP contribution in [0.5, 0.6) is 5.88 Å². The smallest absolute Gasteiger partial charge is 0.408 e. The van der Waals surface area contributed by atoms with Gasteiger partial charge in [0.1, 0.15) is 40.4 Å². The molecule has 2 saturated carbocycles. The van der Waals surface area contributed by atoms with Gasteiger partial charge in [-0.05, 0) is 75.8 Å². The number of pyridine rings is 1. The molecule has 0 bridgehead atoms. The second kappa shape index (κ2) is 13.9. The van der Waals surface area contributed by atoms with Crippen LogP contribution in [-0.4, -0.2) is 83.2 Å². The molecule has 3 N–H and O–H groups in total. The molecule has 14 nitrogen and oxygen atoms in total. The average Bonchev–Trinajstić information content (AvgIpc) is 4.01. The highest BCUT2D eigenvalue weighted by molar-refractivity contribution is 7.91. The maximum Gasteiger partial charge on any atom is 0.408 e. The van der Waals surface area contributed by atoms with Crippen molar-refractivity contribution in [3.63, 3.8) is 0 Å². The second-order valence-corrected chi connectivity index (χ2v) is 19.4. The number of furan rings is 1. The molecule has 1 aliphatic heterocycles. The van der Waals surface area contributed by atoms with Crippen LogP contribution in [-0.2, 0) is 29.1 Å². The van der Waals surface area contributed by atoms with Crippen molar-refractivity contribution in [3.05, 3.63) is 60.1 Å². The van der Waals surface area contributed by atoms with E-state index < -0.39 is 79.7 Å². The Morgan fingerprint density at radius 1 is 1.05 bits per heavy atom. The minimum Gasteiger partial charge on any atom is -0.472 e. The molecule has 298 valence electrons. The maximum atomic E-state index is 14.7. The highest BCUT2D eigenvalue weighted by Gasteiger charge is 2.62. The molecule has 16 heteroatoms. The Bertz CT molecular complexity index is 2400. The number of hydrogen-bond acceptors (Lipinski definition) is 10. The molecule has 0 unspecified atom stereocenters. The lowest BCUT2D eigenvalue weighted by atomic mass is 9.85. The van der Waals surface area contributed by atoms with Gasteiger partial charge < -0.3 is 29.4 Å². The number of para-hydroxylation sites is 1. The molecule has 4 amide bonds. The minimum atomic E-state index is -3.93. The Morgan fingerprint density at radius 3 is 2.41 bits per heavy atom. The van der Waals surface area contributed by atoms with E-state index in [4.69, 9.17) is 30.5 Å². The number of carbonyl (C=O) groups is 4. The highest BCUT2D eigenvalue weighted by atomic mass is 35.5. The van der Waals surface area contributed by atoms with Crippen molar-refractivity contribution in [1.82, 2.24) is 25.2 Å². The van der Waals surface area contributed by atoms with E-state index in [9.17, 15) is 27.6 Å². The molecule has 4 aromatic rings. The molecule has 2 aromatic heterocycles. The summed E-state index contributed by atoms with van der Waals surface area (Å²) in [6.45, 7) is 14.1. The van der Waals surface area contributed by atoms with E-state index in [-0.39, 0.29) is 25.3 Å². The van der Waals surface area contributed by atoms with E-state index in [1.807, 2.05) is 30.3 Å². The van der Waals surface area contributed by atoms with Crippen molar-refractivity contribution in [3.8, 4) is 5.88 Å². The molecule has 7 rings (SSSR count). The number of sulfonamides is 1. The summed E-state index contributed by atoms with van der Waals surface area (Å²) < 4.78 is 46.0. The van der Waals surface area contributed by atoms with Gasteiger partial charge in [0.25, 0.3) is 5.91 Å². The summed E-state index contributed by atoms with van der Waals surface area (Å²) in [4.78, 5) is 61.9. The SMILES string of the molecule is C=C[C@@H]1C[C@]1(NC(=O)[C@@H]1C[C@@H](Oc2nc3c4ccccc4oc3c3ccc(Cl)cc23)CN1C(=O)[C@@H](NC(=O)OC(C)(C)C)C(C)(C)C)C(=O)NS(=O)(=O)C1CC1. The number of benzene rings is 2. The average molecular weight is 808 g/mol. The first-order valence-electron chi connectivity index (χ1n) is 18.6. The lowest BCUT2D eigenvalue weighted by Gasteiger charge is -2.36. The van der Waals surface area contributed by atoms with Gasteiger partial charge in [0.05, 0.1) is 11.8 Å². The van der Waals surface area contributed by atoms with Gasteiger partial charge in [0, 0.05) is 33.5 Å². The number of aromatic nitrogens is 1. The number of ether oxygens (including phenoxy) is 2. The number of amides is 4. The molecule has 3 aliphatic rings. The summed E-state index contributed by atoms with van der Waals surface area (Å²) >= 11 is 6.46. The number of rotatable bonds is 10. The number of halogens is 1. The minimum absolute atomic E-state index is 0.0361. The van der Waals surface area contributed by atoms with Crippen LogP contribution in [0.2, 0.25) is 5.02 Å². The van der Waals surface area contributed by atoms with Crippen LogP contribution in [0.3, 0.4) is 0 Å². The van der Waals surface area contributed by atoms with Crippen molar-refractivity contribution >= 4 is 78.3 Å². The van der Waals surface area contributed by atoms with Crippen molar-refractivity contribution in [2.24, 2.45) is 11.3 Å². The molecule has 56 heavy (non-hydrogen) atoms. The Labute approximate surface area is 329 Å². The van der Waals surface area contributed by atoms with Gasteiger partial charge in [-0.25, -0.2) is 18.2 Å². The topological polar surface area (TPSA) is 186 Å². The molecule has 0 spiro atoms. The molecular weight excluding hydrogens is 762 g/mol. The number of fused-ring (bicyclic) bond motifs is 5. The molecular formula is C40H46ClN5O9S. The van der Waals surface area contributed by atoms with Crippen molar-refractivity contribution in [2.45, 2.75) is 102 Å². The zero-order chi connectivity index (χ0) is 40.5. The summed E-state index contributed by atoms with van der Waals surface area (Å²) in [7, 11) is -3.93. The number of nitrogens with zero attached hydrogens (tertiary/aromatic N) is 2. The lowest BCUT2D eigenvalue weighted by Crippen LogP contribution is -2.60. The number of nitrogens with one attached hydrogen (secondary N) is 3. The third-order valence-electron chi connectivity index (χ3n) is 10.4. The molecule has 0 radical (unpaired) electrons. The molecule has 2 aromatic carbocycles. The fraction of sp³-hybridized carbons (Fsp3) is 0.475. The number of likely N-dealkylation sites (tertiary alicyclic amines) is 1. The van der Waals surface area contributed by atoms with Gasteiger partial charge in [-0.2, -0.15) is 0 Å². The monoisotopic (exact) mass is 807 g/mol. The van der Waals surface area contributed by atoms with E-state index >= 15 is 0 Å². The van der Waals surface area contributed by atoms with E-state index in [1.165, 1.54) is 11.0 Å². The van der Waals surface area contributed by atoms with E-state index in [0.717, 1.165) is 5.39 Å². The third kappa shape index (κ3) is 7.62. The van der Waals surface area contributed by atoms with E-state index in [2.05, 4.69) is 21.9 Å². The Morgan fingerprint density at radius 2 is 1.77 bits per heavy atom. The first kappa shape index (κ1) is 39.3. The van der Waals surface area contributed by atoms with Gasteiger partial charge in [-0.15, -0.1) is 6.58 Å². The standard InChI is InChI=1S/C40H46ClN5O9S/c1-8-21-19-40(21,36(49)45-56(51,52)24-14-15-24)44-33(47)28-18-23(20-46(28)35(48)32(38(2,3)4)43-37(50)55-39(5,6)7)53-34-27-17-22(41)13-16-25(27)31-30(42-34)26-11-9-10-12-29(26)54-31/h8-13,16-17,21,23-24,28,32H,1,14-15,18-20H2,2-7H3,(H,43,50)(H,44,47)(H,45,49)/t21-,23-,28+,32-,40-/m1/s1. The molecule has 3 fully saturated rings. The van der Waals surface area contributed by atoms with Crippen LogP contribution >= 0.6 is 11.6 Å². The highest BCUT2D eigenvalue weighted by Crippen LogP contribution is 2.46. The van der Waals surface area contributed by atoms with Crippen LogP contribution < -0.4 is 20.1 Å². The maximum absolute atomic E-state index is 14.7. The lowest BCUT2D eigenvalue weighted by molar-refractivity contribution is -0.143. The van der Waals surface area contributed by atoms with Gasteiger partial charge in [0.2, 0.25) is 27.7 Å². The zero-order valence-corrected chi connectivity index (χ0v) is 33.7. The summed E-state index contributed by atoms with van der Waals surface area (Å²) in [6, 6.07) is 10.3. The summed E-state index contributed by atoms with van der Waals surface area (Å²) in [6.07, 6.45) is 0.841. The molecule has 1 saturated heterocycles. The predicted octanol–water partition coefficient (Wildman–Crippen LogP) is 5.74. The fourth-order valence-electron chi connectivity index (χ4n) is 7.26. The quantitative estimate of drug-likeness (QED) is 0.167. The Hall–Kier alpha value is -4.89. The van der Waals surface area contributed by atoms with Crippen LogP contribution in [0, 0.1) is 11.3 Å². The van der Waals surface area contributed by atoms with E-state index in [0.29, 0.717) is 45.3 Å². The summed E-state index contributed by atoms with van der Waals surface area (Å²) in [5.74, 6) is -2.49. The number of alkyl carbamates (subject to hydrolysis) is 1. The van der Waals surface area contributed by atoms with Crippen LogP contribution in [0.1, 0.15) is 67.2 Å². The molecule has 3 heterocycles. The van der Waals surface area contributed by atoms with Gasteiger partial charge in [0.15, 0.2) is 5.58 Å². The largest absolute Gasteiger partial charge is 0.472 e. The molecule has 2 aliphatic carbocycles. The predicted molar refractivity (Wildman–Crippen MR) is 210 cm³/mol. The van der Waals surface area contributed by atoms with Crippen molar-refractivity contribution < 1.29 is 41.5 Å². The first-order valence-corrected chi connectivity index (χ1v) is 20.5. The first-order chi connectivity index (χ1) is 26.2. The number of carbonyl (C=O) groups excluding carboxylic acids is 4. The van der Waals surface area contributed by atoms with E-state index in [1.54, 1.807) is 53.7 Å². The summed E-state index contributed by atoms with van der Waals surface area (Å²) in [5, 5.41) is 7.28. The number of hydrogen-bond donors (Lipinski definition) is 3. The van der Waals surface area contributed by atoms with Crippen LogP contribution in [0.4, 0.5) is 4.79 Å². The van der Waals surface area contributed by atoms with Crippen LogP contribution in [0.25, 0.3) is 32.8 Å². The zero-order valence-electron chi connectivity index (χ0n) is 32.1. The van der Waals surface area contributed by atoms with Crippen LogP contribution in [0.15, 0.2) is 59.5 Å². The second-order valence-electron chi connectivity index (χ2n) is 17.0. The van der Waals surface area contributed by atoms with Gasteiger partial charge in [-0.1, -0.05) is 50.6 Å². The summed E-state index contributed by atoms with van der Waals surface area (Å²) in [5.41, 5.74) is -1.56. The fourth-order valence-corrected chi connectivity index (χ4v) is 8.80. The van der Waals surface area contributed by atoms with Gasteiger partial charge in [-0.3, -0.25) is 19.1 Å². The molecule has 5 atom stereocenters.